The molecule has 1 fully saturated rings. The molecule has 0 unspecified atom stereocenters. The lowest BCUT2D eigenvalue weighted by Crippen LogP contribution is -2.34. The third-order valence-electron chi connectivity index (χ3n) is 5.90. The van der Waals surface area contributed by atoms with Crippen molar-refractivity contribution in [3.63, 3.8) is 0 Å². The molecule has 1 aromatic heterocycles. The summed E-state index contributed by atoms with van der Waals surface area (Å²) in [6.07, 6.45) is 8.98. The van der Waals surface area contributed by atoms with Crippen LogP contribution in [0.1, 0.15) is 62.0 Å². The zero-order valence-electron chi connectivity index (χ0n) is 16.7. The quantitative estimate of drug-likeness (QED) is 0.585. The van der Waals surface area contributed by atoms with E-state index in [4.69, 9.17) is 4.42 Å². The van der Waals surface area contributed by atoms with Crippen molar-refractivity contribution in [1.29, 1.82) is 0 Å². The summed E-state index contributed by atoms with van der Waals surface area (Å²) in [6, 6.07) is 15.7. The van der Waals surface area contributed by atoms with E-state index in [2.05, 4.69) is 17.4 Å². The fourth-order valence-electron chi connectivity index (χ4n) is 4.29. The molecule has 152 valence electrons. The van der Waals surface area contributed by atoms with Crippen LogP contribution in [0, 0.1) is 0 Å². The average molecular weight is 392 g/mol. The van der Waals surface area contributed by atoms with E-state index in [1.54, 1.807) is 0 Å². The number of nitrogens with zero attached hydrogens (tertiary/aromatic N) is 1. The Labute approximate surface area is 170 Å². The van der Waals surface area contributed by atoms with Gasteiger partial charge < -0.3 is 9.73 Å². The number of fused-ring (bicyclic) bond motifs is 1. The van der Waals surface area contributed by atoms with E-state index in [-0.39, 0.29) is 0 Å². The normalized spacial score (nSPS) is 14.9. The predicted octanol–water partition coefficient (Wildman–Crippen LogP) is 5.22. The number of benzene rings is 2. The molecule has 1 aliphatic carbocycles. The highest BCUT2D eigenvalue weighted by molar-refractivity contribution is 5.88. The summed E-state index contributed by atoms with van der Waals surface area (Å²) in [5, 5.41) is 2.85. The van der Waals surface area contributed by atoms with Gasteiger partial charge in [0.15, 0.2) is 5.58 Å². The van der Waals surface area contributed by atoms with Crippen molar-refractivity contribution in [2.24, 2.45) is 0 Å². The van der Waals surface area contributed by atoms with Gasteiger partial charge in [0.1, 0.15) is 0 Å². The number of unbranched alkanes of at least 4 members (excludes halogenated alkanes) is 1. The highest BCUT2D eigenvalue weighted by Crippen LogP contribution is 2.33. The maximum absolute atomic E-state index is 12.6. The summed E-state index contributed by atoms with van der Waals surface area (Å²) in [7, 11) is 0. The zero-order valence-corrected chi connectivity index (χ0v) is 16.7. The highest BCUT2D eigenvalue weighted by atomic mass is 16.4. The molecule has 5 nitrogen and oxygen atoms in total. The number of oxazole rings is 1. The number of aromatic nitrogens is 1. The molecule has 0 bridgehead atoms. The van der Waals surface area contributed by atoms with Gasteiger partial charge in [0.05, 0.1) is 5.52 Å². The van der Waals surface area contributed by atoms with Crippen LogP contribution in [0.2, 0.25) is 0 Å². The Balaban J connectivity index is 1.37. The summed E-state index contributed by atoms with van der Waals surface area (Å²) in [5.41, 5.74) is 3.54. The molecule has 1 aliphatic rings. The third-order valence-corrected chi connectivity index (χ3v) is 5.90. The number of amides is 1. The van der Waals surface area contributed by atoms with Crippen LogP contribution >= 0.6 is 0 Å². The first-order valence-corrected chi connectivity index (χ1v) is 10.7. The molecule has 0 aliphatic heterocycles. The topological polar surface area (TPSA) is 64.2 Å². The van der Waals surface area contributed by atoms with Crippen molar-refractivity contribution in [2.75, 3.05) is 6.54 Å². The second-order valence-corrected chi connectivity index (χ2v) is 7.94. The maximum Gasteiger partial charge on any atom is 0.428 e. The molecule has 0 spiro atoms. The van der Waals surface area contributed by atoms with Crippen LogP contribution < -0.4 is 11.1 Å². The molecule has 4 rings (SSSR count). The van der Waals surface area contributed by atoms with E-state index in [0.29, 0.717) is 23.6 Å². The molecule has 1 heterocycles. The minimum Gasteiger partial charge on any atom is -0.407 e. The van der Waals surface area contributed by atoms with Crippen LogP contribution in [0.25, 0.3) is 11.1 Å². The molecule has 29 heavy (non-hydrogen) atoms. The van der Waals surface area contributed by atoms with Crippen molar-refractivity contribution < 1.29 is 9.21 Å². The summed E-state index contributed by atoms with van der Waals surface area (Å²) in [6.45, 7) is 0.533. The van der Waals surface area contributed by atoms with Gasteiger partial charge in [0.2, 0.25) is 0 Å². The lowest BCUT2D eigenvalue weighted by atomic mass is 9.84. The molecule has 0 radical (unpaired) electrons. The van der Waals surface area contributed by atoms with Crippen molar-refractivity contribution in [3.05, 3.63) is 70.2 Å². The highest BCUT2D eigenvalue weighted by Gasteiger charge is 2.19. The Morgan fingerprint density at radius 2 is 1.83 bits per heavy atom. The summed E-state index contributed by atoms with van der Waals surface area (Å²) in [5.74, 6) is -0.0946. The average Bonchev–Trinajstić information content (AvgIpc) is 3.09. The van der Waals surface area contributed by atoms with Crippen LogP contribution in [-0.2, 0) is 6.42 Å². The van der Waals surface area contributed by atoms with Gasteiger partial charge >= 0.3 is 11.8 Å². The Morgan fingerprint density at radius 1 is 1.03 bits per heavy atom. The van der Waals surface area contributed by atoms with Gasteiger partial charge in [0.25, 0.3) is 0 Å². The van der Waals surface area contributed by atoms with Gasteiger partial charge in [-0.25, -0.2) is 9.59 Å². The molecule has 1 amide bonds. The van der Waals surface area contributed by atoms with E-state index < -0.39 is 11.8 Å². The van der Waals surface area contributed by atoms with Crippen LogP contribution in [0.4, 0.5) is 4.79 Å². The van der Waals surface area contributed by atoms with Crippen LogP contribution in [-0.4, -0.2) is 17.1 Å². The summed E-state index contributed by atoms with van der Waals surface area (Å²) < 4.78 is 6.49. The molecule has 5 heteroatoms. The number of nitrogens with one attached hydrogen (secondary N) is 1. The summed E-state index contributed by atoms with van der Waals surface area (Å²) in [4.78, 5) is 24.8. The smallest absolute Gasteiger partial charge is 0.407 e. The van der Waals surface area contributed by atoms with Gasteiger partial charge in [-0.15, -0.1) is 0 Å². The maximum atomic E-state index is 12.6. The standard InChI is InChI=1S/C24H28N2O3/c27-23(25-16-8-7-11-18-9-3-1-4-10-18)26-21-15-14-20(17-22(21)29-24(26)28)19-12-5-2-6-13-19/h1,3-4,9-10,14-15,17,19H,2,5-8,11-13,16H2,(H,25,27). The first kappa shape index (κ1) is 19.5. The number of aryl methyl sites for hydroxylation is 1. The van der Waals surface area contributed by atoms with Crippen LogP contribution in [0.15, 0.2) is 57.7 Å². The first-order chi connectivity index (χ1) is 14.2. The van der Waals surface area contributed by atoms with E-state index >= 15 is 0 Å². The van der Waals surface area contributed by atoms with E-state index in [9.17, 15) is 9.59 Å². The summed E-state index contributed by atoms with van der Waals surface area (Å²) >= 11 is 0. The molecular formula is C24H28N2O3. The van der Waals surface area contributed by atoms with Gasteiger partial charge in [-0.05, 0) is 61.3 Å². The third kappa shape index (κ3) is 4.61. The second kappa shape index (κ2) is 9.12. The van der Waals surface area contributed by atoms with E-state index in [0.717, 1.165) is 23.8 Å². The van der Waals surface area contributed by atoms with Gasteiger partial charge in [-0.1, -0.05) is 55.7 Å². The monoisotopic (exact) mass is 392 g/mol. The Kier molecular flexibility index (Phi) is 6.13. The molecule has 3 aromatic rings. The number of carbonyl (C=O) groups is 1. The molecule has 0 saturated heterocycles. The van der Waals surface area contributed by atoms with Crippen molar-refractivity contribution in [3.8, 4) is 0 Å². The number of carbonyl (C=O) groups excluding carboxylic acids is 1. The first-order valence-electron chi connectivity index (χ1n) is 10.7. The van der Waals surface area contributed by atoms with Gasteiger partial charge in [-0.3, -0.25) is 0 Å². The fraction of sp³-hybridized carbons (Fsp3) is 0.417. The second-order valence-electron chi connectivity index (χ2n) is 7.94. The molecular weight excluding hydrogens is 364 g/mol. The Bertz CT molecular complexity index is 1010. The molecule has 0 atom stereocenters. The van der Waals surface area contributed by atoms with Crippen molar-refractivity contribution in [2.45, 2.75) is 57.3 Å². The fourth-order valence-corrected chi connectivity index (χ4v) is 4.29. The Morgan fingerprint density at radius 3 is 2.62 bits per heavy atom. The van der Waals surface area contributed by atoms with Crippen molar-refractivity contribution in [1.82, 2.24) is 9.88 Å². The van der Waals surface area contributed by atoms with Gasteiger partial charge in [-0.2, -0.15) is 4.57 Å². The van der Waals surface area contributed by atoms with Crippen molar-refractivity contribution >= 4 is 17.1 Å². The van der Waals surface area contributed by atoms with Gasteiger partial charge in [0, 0.05) is 6.54 Å². The lowest BCUT2D eigenvalue weighted by Gasteiger charge is -2.21. The number of rotatable bonds is 6. The molecule has 2 aromatic carbocycles. The van der Waals surface area contributed by atoms with E-state index in [1.165, 1.54) is 43.2 Å². The lowest BCUT2D eigenvalue weighted by molar-refractivity contribution is 0.241. The molecule has 1 N–H and O–H groups in total. The Hall–Kier alpha value is -2.82. The van der Waals surface area contributed by atoms with Crippen LogP contribution in [0.5, 0.6) is 0 Å². The predicted molar refractivity (Wildman–Crippen MR) is 114 cm³/mol. The zero-order chi connectivity index (χ0) is 20.1. The SMILES string of the molecule is O=C(NCCCCc1ccccc1)n1c(=O)oc2cc(C3CCCCC3)ccc21. The van der Waals surface area contributed by atoms with Crippen LogP contribution in [0.3, 0.4) is 0 Å². The minimum absolute atomic E-state index is 0.418. The van der Waals surface area contributed by atoms with E-state index in [1.807, 2.05) is 36.4 Å². The number of hydrogen-bond donors (Lipinski definition) is 1. The minimum atomic E-state index is -0.623. The number of hydrogen-bond acceptors (Lipinski definition) is 3. The molecule has 1 saturated carbocycles. The largest absolute Gasteiger partial charge is 0.428 e.